The lowest BCUT2D eigenvalue weighted by Gasteiger charge is -2.19. The van der Waals surface area contributed by atoms with Crippen LogP contribution in [0.1, 0.15) is 84.5 Å². The lowest BCUT2D eigenvalue weighted by atomic mass is 9.89. The van der Waals surface area contributed by atoms with Crippen molar-refractivity contribution in [3.8, 4) is 0 Å². The van der Waals surface area contributed by atoms with Gasteiger partial charge in [-0.1, -0.05) is 26.7 Å². The number of hydrazone groups is 2. The van der Waals surface area contributed by atoms with Crippen molar-refractivity contribution in [1.29, 1.82) is 0 Å². The van der Waals surface area contributed by atoms with E-state index in [4.69, 9.17) is 0 Å². The zero-order valence-corrected chi connectivity index (χ0v) is 15.6. The molecule has 0 spiro atoms. The average Bonchev–Trinajstić information content (AvgIpc) is 2.60. The van der Waals surface area contributed by atoms with E-state index >= 15 is 0 Å². The van der Waals surface area contributed by atoms with Gasteiger partial charge in [-0.2, -0.15) is 10.2 Å². The predicted molar refractivity (Wildman–Crippen MR) is 100 cm³/mol. The molecule has 2 rings (SSSR count). The molecular weight excluding hydrogens is 316 g/mol. The van der Waals surface area contributed by atoms with Gasteiger partial charge in [0.2, 0.25) is 11.8 Å². The van der Waals surface area contributed by atoms with E-state index in [1.165, 1.54) is 12.8 Å². The number of carbonyl (C=O) groups is 2. The monoisotopic (exact) mass is 348 g/mol. The van der Waals surface area contributed by atoms with Crippen molar-refractivity contribution in [2.45, 2.75) is 84.5 Å². The Morgan fingerprint density at radius 3 is 1.68 bits per heavy atom. The third kappa shape index (κ3) is 6.96. The van der Waals surface area contributed by atoms with E-state index in [-0.39, 0.29) is 11.8 Å². The largest absolute Gasteiger partial charge is 0.273 e. The first-order chi connectivity index (χ1) is 12.1. The summed E-state index contributed by atoms with van der Waals surface area (Å²) in [6.07, 6.45) is 10.2. The van der Waals surface area contributed by atoms with E-state index in [9.17, 15) is 9.59 Å². The Hall–Kier alpha value is -1.72. The van der Waals surface area contributed by atoms with E-state index in [1.807, 2.05) is 0 Å². The van der Waals surface area contributed by atoms with Crippen molar-refractivity contribution in [2.24, 2.45) is 22.0 Å². The molecule has 2 fully saturated rings. The van der Waals surface area contributed by atoms with Gasteiger partial charge in [0.05, 0.1) is 0 Å². The summed E-state index contributed by atoms with van der Waals surface area (Å²) < 4.78 is 0. The fourth-order valence-electron chi connectivity index (χ4n) is 3.46. The summed E-state index contributed by atoms with van der Waals surface area (Å²) in [5.74, 6) is 0.679. The number of hydrogen-bond donors (Lipinski definition) is 2. The highest BCUT2D eigenvalue weighted by Gasteiger charge is 2.17. The zero-order valence-electron chi connectivity index (χ0n) is 15.6. The highest BCUT2D eigenvalue weighted by molar-refractivity contribution is 5.89. The predicted octanol–water partition coefficient (Wildman–Crippen LogP) is 3.52. The minimum absolute atomic E-state index is 0.120. The highest BCUT2D eigenvalue weighted by Crippen LogP contribution is 2.21. The Labute approximate surface area is 150 Å². The SMILES string of the molecule is CC1CCCC/C1=N\NC(=O)CCCC(=O)N/N=C1\CCCCC1C. The number of carbonyl (C=O) groups excluding carboxylic acids is 2. The third-order valence-corrected chi connectivity index (χ3v) is 5.23. The van der Waals surface area contributed by atoms with Crippen molar-refractivity contribution >= 4 is 23.2 Å². The number of rotatable bonds is 6. The Morgan fingerprint density at radius 2 is 1.28 bits per heavy atom. The summed E-state index contributed by atoms with van der Waals surface area (Å²) in [5.41, 5.74) is 7.46. The highest BCUT2D eigenvalue weighted by atomic mass is 16.2. The standard InChI is InChI=1S/C19H32N4O2/c1-14-8-3-5-10-16(14)20-22-18(24)12-7-13-19(25)23-21-17-11-6-4-9-15(17)2/h14-15H,3-13H2,1-2H3,(H,22,24)(H,23,25)/b20-16+,21-17+. The first-order valence-electron chi connectivity index (χ1n) is 9.77. The molecule has 2 aliphatic rings. The maximum absolute atomic E-state index is 11.8. The molecule has 0 aromatic heterocycles. The van der Waals surface area contributed by atoms with Gasteiger partial charge in [0.25, 0.3) is 0 Å². The Balaban J connectivity index is 1.62. The van der Waals surface area contributed by atoms with Crippen molar-refractivity contribution in [3.63, 3.8) is 0 Å². The normalized spacial score (nSPS) is 27.3. The molecule has 0 aromatic rings. The number of amides is 2. The van der Waals surface area contributed by atoms with E-state index in [2.05, 4.69) is 34.9 Å². The summed E-state index contributed by atoms with van der Waals surface area (Å²) in [4.78, 5) is 23.7. The molecule has 2 atom stereocenters. The van der Waals surface area contributed by atoms with Crippen molar-refractivity contribution < 1.29 is 9.59 Å². The maximum atomic E-state index is 11.8. The second-order valence-corrected chi connectivity index (χ2v) is 7.42. The van der Waals surface area contributed by atoms with Gasteiger partial charge in [0.15, 0.2) is 0 Å². The van der Waals surface area contributed by atoms with Crippen LogP contribution in [0.15, 0.2) is 10.2 Å². The summed E-state index contributed by atoms with van der Waals surface area (Å²) >= 11 is 0. The minimum Gasteiger partial charge on any atom is -0.273 e. The third-order valence-electron chi connectivity index (χ3n) is 5.23. The van der Waals surface area contributed by atoms with Crippen LogP contribution >= 0.6 is 0 Å². The summed E-state index contributed by atoms with van der Waals surface area (Å²) in [5, 5.41) is 8.52. The Bertz CT molecular complexity index is 482. The van der Waals surface area contributed by atoms with Crippen LogP contribution in [0.5, 0.6) is 0 Å². The van der Waals surface area contributed by atoms with Crippen LogP contribution in [0.25, 0.3) is 0 Å². The van der Waals surface area contributed by atoms with Crippen molar-refractivity contribution in [2.75, 3.05) is 0 Å². The van der Waals surface area contributed by atoms with Gasteiger partial charge in [-0.3, -0.25) is 9.59 Å². The number of nitrogens with zero attached hydrogens (tertiary/aromatic N) is 2. The summed E-state index contributed by atoms with van der Waals surface area (Å²) in [6.45, 7) is 4.31. The smallest absolute Gasteiger partial charge is 0.240 e. The molecule has 2 unspecified atom stereocenters. The molecule has 0 aromatic carbocycles. The molecule has 2 aliphatic carbocycles. The average molecular weight is 348 g/mol. The van der Waals surface area contributed by atoms with Gasteiger partial charge in [-0.25, -0.2) is 10.9 Å². The molecule has 6 heteroatoms. The van der Waals surface area contributed by atoms with E-state index in [0.29, 0.717) is 31.1 Å². The molecular formula is C19H32N4O2. The molecule has 2 amide bonds. The van der Waals surface area contributed by atoms with E-state index < -0.39 is 0 Å². The molecule has 2 N–H and O–H groups in total. The molecule has 0 heterocycles. The van der Waals surface area contributed by atoms with Crippen molar-refractivity contribution in [1.82, 2.24) is 10.9 Å². The lowest BCUT2D eigenvalue weighted by Crippen LogP contribution is -2.25. The first-order valence-corrected chi connectivity index (χ1v) is 9.77. The maximum Gasteiger partial charge on any atom is 0.240 e. The molecule has 0 radical (unpaired) electrons. The molecule has 2 saturated carbocycles. The van der Waals surface area contributed by atoms with Crippen LogP contribution < -0.4 is 10.9 Å². The van der Waals surface area contributed by atoms with Crippen LogP contribution in [0.4, 0.5) is 0 Å². The van der Waals surface area contributed by atoms with Gasteiger partial charge in [-0.15, -0.1) is 0 Å². The van der Waals surface area contributed by atoms with Gasteiger partial charge < -0.3 is 0 Å². The fraction of sp³-hybridized carbons (Fsp3) is 0.789. The van der Waals surface area contributed by atoms with Crippen LogP contribution in [-0.2, 0) is 9.59 Å². The van der Waals surface area contributed by atoms with Crippen LogP contribution in [0.3, 0.4) is 0 Å². The van der Waals surface area contributed by atoms with Gasteiger partial charge in [-0.05, 0) is 56.8 Å². The molecule has 0 saturated heterocycles. The summed E-state index contributed by atoms with van der Waals surface area (Å²) in [7, 11) is 0. The van der Waals surface area contributed by atoms with E-state index in [0.717, 1.165) is 49.9 Å². The fourth-order valence-corrected chi connectivity index (χ4v) is 3.46. The van der Waals surface area contributed by atoms with Crippen LogP contribution in [0.2, 0.25) is 0 Å². The second-order valence-electron chi connectivity index (χ2n) is 7.42. The minimum atomic E-state index is -0.120. The molecule has 0 bridgehead atoms. The molecule has 140 valence electrons. The zero-order chi connectivity index (χ0) is 18.1. The quantitative estimate of drug-likeness (QED) is 0.720. The topological polar surface area (TPSA) is 82.9 Å². The summed E-state index contributed by atoms with van der Waals surface area (Å²) in [6, 6.07) is 0. The number of hydrogen-bond acceptors (Lipinski definition) is 4. The van der Waals surface area contributed by atoms with Crippen LogP contribution in [-0.4, -0.2) is 23.2 Å². The van der Waals surface area contributed by atoms with Crippen molar-refractivity contribution in [3.05, 3.63) is 0 Å². The Morgan fingerprint density at radius 1 is 0.840 bits per heavy atom. The van der Waals surface area contributed by atoms with Gasteiger partial charge in [0.1, 0.15) is 0 Å². The van der Waals surface area contributed by atoms with Gasteiger partial charge in [0, 0.05) is 24.3 Å². The Kier molecular flexibility index (Phi) is 8.09. The van der Waals surface area contributed by atoms with Gasteiger partial charge >= 0.3 is 0 Å². The van der Waals surface area contributed by atoms with Crippen LogP contribution in [0, 0.1) is 11.8 Å². The second kappa shape index (κ2) is 10.3. The molecule has 0 aliphatic heterocycles. The van der Waals surface area contributed by atoms with E-state index in [1.54, 1.807) is 0 Å². The number of nitrogens with one attached hydrogen (secondary N) is 2. The molecule has 25 heavy (non-hydrogen) atoms. The molecule has 6 nitrogen and oxygen atoms in total. The first kappa shape index (κ1) is 19.6. The lowest BCUT2D eigenvalue weighted by molar-refractivity contribution is -0.122.